The maximum absolute atomic E-state index is 11.9. The van der Waals surface area contributed by atoms with E-state index in [1.54, 1.807) is 0 Å². The molecule has 1 saturated carbocycles. The van der Waals surface area contributed by atoms with E-state index in [-0.39, 0.29) is 12.0 Å². The lowest BCUT2D eigenvalue weighted by Crippen LogP contribution is -2.51. The van der Waals surface area contributed by atoms with E-state index in [1.807, 2.05) is 6.07 Å². The Labute approximate surface area is 135 Å². The molecule has 0 radical (unpaired) electrons. The van der Waals surface area contributed by atoms with Crippen LogP contribution in [0.4, 0.5) is 0 Å². The van der Waals surface area contributed by atoms with Crippen LogP contribution in [-0.4, -0.2) is 25.2 Å². The molecular weight excluding hydrogens is 330 g/mol. The zero-order valence-corrected chi connectivity index (χ0v) is 14.5. The van der Waals surface area contributed by atoms with Gasteiger partial charge in [-0.3, -0.25) is 4.79 Å². The van der Waals surface area contributed by atoms with E-state index in [0.717, 1.165) is 19.3 Å². The highest BCUT2D eigenvalue weighted by atomic mass is 79.9. The van der Waals surface area contributed by atoms with Crippen molar-refractivity contribution in [1.29, 1.82) is 0 Å². The highest BCUT2D eigenvalue weighted by molar-refractivity contribution is 9.10. The van der Waals surface area contributed by atoms with Gasteiger partial charge in [0.05, 0.1) is 7.11 Å². The molecule has 2 atom stereocenters. The van der Waals surface area contributed by atoms with Gasteiger partial charge in [0.2, 0.25) is 0 Å². The lowest BCUT2D eigenvalue weighted by molar-refractivity contribution is -0.145. The molecule has 1 fully saturated rings. The van der Waals surface area contributed by atoms with Crippen LogP contribution in [0, 0.1) is 5.92 Å². The summed E-state index contributed by atoms with van der Waals surface area (Å²) in [5.74, 6) is 0.724. The Morgan fingerprint density at radius 1 is 1.43 bits per heavy atom. The molecule has 0 aliphatic heterocycles. The number of carbonyl (C=O) groups is 1. The second-order valence-electron chi connectivity index (χ2n) is 5.94. The van der Waals surface area contributed by atoms with Crippen LogP contribution in [0.15, 0.2) is 28.7 Å². The van der Waals surface area contributed by atoms with Crippen molar-refractivity contribution in [3.63, 3.8) is 0 Å². The zero-order valence-electron chi connectivity index (χ0n) is 12.9. The number of methoxy groups -OCH3 is 1. The van der Waals surface area contributed by atoms with Crippen LogP contribution < -0.4 is 5.32 Å². The molecular formula is C17H24BrNO2. The second kappa shape index (κ2) is 7.41. The van der Waals surface area contributed by atoms with E-state index in [0.29, 0.717) is 17.9 Å². The summed E-state index contributed by atoms with van der Waals surface area (Å²) in [6.07, 6.45) is 3.12. The summed E-state index contributed by atoms with van der Waals surface area (Å²) in [6, 6.07) is 8.60. The number of halogens is 1. The monoisotopic (exact) mass is 353 g/mol. The Kier molecular flexibility index (Phi) is 5.82. The van der Waals surface area contributed by atoms with Crippen LogP contribution in [0.25, 0.3) is 0 Å². The van der Waals surface area contributed by atoms with Gasteiger partial charge in [-0.1, -0.05) is 54.4 Å². The topological polar surface area (TPSA) is 38.3 Å². The number of benzene rings is 1. The van der Waals surface area contributed by atoms with Gasteiger partial charge in [0.25, 0.3) is 0 Å². The van der Waals surface area contributed by atoms with Crippen LogP contribution in [0.1, 0.15) is 44.6 Å². The summed E-state index contributed by atoms with van der Waals surface area (Å²) in [4.78, 5) is 11.9. The highest BCUT2D eigenvalue weighted by Gasteiger charge is 2.35. The van der Waals surface area contributed by atoms with Crippen LogP contribution in [0.5, 0.6) is 0 Å². The minimum atomic E-state index is -0.190. The van der Waals surface area contributed by atoms with Gasteiger partial charge < -0.3 is 10.1 Å². The molecule has 21 heavy (non-hydrogen) atoms. The standard InChI is InChI=1S/C17H24BrNO2/c1-4-11(2)16(17(20)21-3)19-13-9-12(10-13)14-7-5-6-8-15(14)18/h5-8,11-13,16,19H,4,9-10H2,1-3H3. The normalized spacial score (nSPS) is 24.0. The van der Waals surface area contributed by atoms with Crippen molar-refractivity contribution < 1.29 is 9.53 Å². The summed E-state index contributed by atoms with van der Waals surface area (Å²) in [5, 5.41) is 3.48. The third kappa shape index (κ3) is 3.86. The molecule has 0 aromatic heterocycles. The molecule has 0 spiro atoms. The Balaban J connectivity index is 1.91. The fourth-order valence-electron chi connectivity index (χ4n) is 2.90. The number of rotatable bonds is 6. The number of hydrogen-bond acceptors (Lipinski definition) is 3. The molecule has 1 aromatic rings. The third-order valence-corrected chi connectivity index (χ3v) is 5.29. The van der Waals surface area contributed by atoms with Crippen LogP contribution >= 0.6 is 15.9 Å². The lowest BCUT2D eigenvalue weighted by atomic mass is 9.75. The minimum Gasteiger partial charge on any atom is -0.468 e. The van der Waals surface area contributed by atoms with Gasteiger partial charge in [0.15, 0.2) is 0 Å². The van der Waals surface area contributed by atoms with Gasteiger partial charge in [-0.25, -0.2) is 0 Å². The van der Waals surface area contributed by atoms with E-state index in [9.17, 15) is 4.79 Å². The predicted molar refractivity (Wildman–Crippen MR) is 88.3 cm³/mol. The SMILES string of the molecule is CCC(C)C(NC1CC(c2ccccc2Br)C1)C(=O)OC. The van der Waals surface area contributed by atoms with E-state index < -0.39 is 0 Å². The van der Waals surface area contributed by atoms with Crippen LogP contribution in [0.2, 0.25) is 0 Å². The molecule has 0 heterocycles. The van der Waals surface area contributed by atoms with Crippen molar-refractivity contribution in [1.82, 2.24) is 5.32 Å². The van der Waals surface area contributed by atoms with Gasteiger partial charge in [0.1, 0.15) is 6.04 Å². The number of hydrogen-bond donors (Lipinski definition) is 1. The van der Waals surface area contributed by atoms with Crippen molar-refractivity contribution in [3.8, 4) is 0 Å². The van der Waals surface area contributed by atoms with E-state index >= 15 is 0 Å². The van der Waals surface area contributed by atoms with Crippen molar-refractivity contribution in [2.24, 2.45) is 5.92 Å². The first-order valence-electron chi connectivity index (χ1n) is 7.65. The van der Waals surface area contributed by atoms with Crippen LogP contribution in [0.3, 0.4) is 0 Å². The third-order valence-electron chi connectivity index (χ3n) is 4.57. The summed E-state index contributed by atoms with van der Waals surface area (Å²) < 4.78 is 6.11. The van der Waals surface area contributed by atoms with E-state index in [2.05, 4.69) is 53.3 Å². The molecule has 2 rings (SSSR count). The molecule has 4 heteroatoms. The quantitative estimate of drug-likeness (QED) is 0.788. The molecule has 0 saturated heterocycles. The van der Waals surface area contributed by atoms with Gasteiger partial charge in [-0.05, 0) is 36.3 Å². The fourth-order valence-corrected chi connectivity index (χ4v) is 3.50. The summed E-state index contributed by atoms with van der Waals surface area (Å²) in [7, 11) is 1.46. The average molecular weight is 354 g/mol. The minimum absolute atomic E-state index is 0.145. The summed E-state index contributed by atoms with van der Waals surface area (Å²) >= 11 is 3.62. The molecule has 0 bridgehead atoms. The molecule has 3 nitrogen and oxygen atoms in total. The smallest absolute Gasteiger partial charge is 0.323 e. The van der Waals surface area contributed by atoms with Crippen molar-refractivity contribution >= 4 is 21.9 Å². The zero-order chi connectivity index (χ0) is 15.4. The molecule has 2 unspecified atom stereocenters. The molecule has 1 aromatic carbocycles. The van der Waals surface area contributed by atoms with Gasteiger partial charge >= 0.3 is 5.97 Å². The summed E-state index contributed by atoms with van der Waals surface area (Å²) in [5.41, 5.74) is 1.37. The maximum atomic E-state index is 11.9. The highest BCUT2D eigenvalue weighted by Crippen LogP contribution is 2.40. The first-order chi connectivity index (χ1) is 10.1. The number of nitrogens with one attached hydrogen (secondary N) is 1. The predicted octanol–water partition coefficient (Wildman–Crippen LogP) is 3.87. The fraction of sp³-hybridized carbons (Fsp3) is 0.588. The molecule has 116 valence electrons. The van der Waals surface area contributed by atoms with Crippen LogP contribution in [-0.2, 0) is 9.53 Å². The number of esters is 1. The Morgan fingerprint density at radius 3 is 2.67 bits per heavy atom. The van der Waals surface area contributed by atoms with Crippen molar-refractivity contribution in [2.45, 2.75) is 51.1 Å². The first-order valence-corrected chi connectivity index (χ1v) is 8.44. The Morgan fingerprint density at radius 2 is 2.10 bits per heavy atom. The molecule has 0 amide bonds. The average Bonchev–Trinajstić information content (AvgIpc) is 2.46. The number of ether oxygens (including phenoxy) is 1. The van der Waals surface area contributed by atoms with Gasteiger partial charge in [0, 0.05) is 10.5 Å². The maximum Gasteiger partial charge on any atom is 0.323 e. The van der Waals surface area contributed by atoms with E-state index in [1.165, 1.54) is 17.1 Å². The van der Waals surface area contributed by atoms with E-state index in [4.69, 9.17) is 4.74 Å². The second-order valence-corrected chi connectivity index (χ2v) is 6.79. The largest absolute Gasteiger partial charge is 0.468 e. The van der Waals surface area contributed by atoms with Crippen molar-refractivity contribution in [3.05, 3.63) is 34.3 Å². The Hall–Kier alpha value is -0.870. The van der Waals surface area contributed by atoms with Gasteiger partial charge in [-0.15, -0.1) is 0 Å². The summed E-state index contributed by atoms with van der Waals surface area (Å²) in [6.45, 7) is 4.20. The molecule has 1 aliphatic rings. The molecule has 1 aliphatic carbocycles. The first kappa shape index (κ1) is 16.5. The lowest BCUT2D eigenvalue weighted by Gasteiger charge is -2.39. The Bertz CT molecular complexity index is 485. The van der Waals surface area contributed by atoms with Crippen molar-refractivity contribution in [2.75, 3.05) is 7.11 Å². The van der Waals surface area contributed by atoms with Gasteiger partial charge in [-0.2, -0.15) is 0 Å². The molecule has 1 N–H and O–H groups in total. The number of carbonyl (C=O) groups excluding carboxylic acids is 1.